The van der Waals surface area contributed by atoms with Crippen molar-refractivity contribution in [3.8, 4) is 0 Å². The van der Waals surface area contributed by atoms with Gasteiger partial charge in [-0.2, -0.15) is 0 Å². The molecule has 0 unspecified atom stereocenters. The van der Waals surface area contributed by atoms with Gasteiger partial charge >= 0.3 is 0 Å². The molecule has 4 aliphatic rings. The van der Waals surface area contributed by atoms with Crippen LogP contribution in [0, 0.1) is 17.8 Å². The molecule has 184 valence electrons. The van der Waals surface area contributed by atoms with Gasteiger partial charge in [-0.15, -0.1) is 0 Å². The molecular weight excluding hydrogens is 442 g/mol. The fraction of sp³-hybridized carbons (Fsp3) is 0.406. The van der Waals surface area contributed by atoms with E-state index in [1.165, 1.54) is 41.6 Å². The number of piperazine rings is 1. The maximum Gasteiger partial charge on any atom is 0.253 e. The second kappa shape index (κ2) is 9.08. The summed E-state index contributed by atoms with van der Waals surface area (Å²) >= 11 is 0. The molecule has 0 aromatic heterocycles. The third-order valence-corrected chi connectivity index (χ3v) is 9.40. The highest BCUT2D eigenvalue weighted by atomic mass is 16.2. The highest BCUT2D eigenvalue weighted by Crippen LogP contribution is 2.63. The lowest BCUT2D eigenvalue weighted by Gasteiger charge is -2.43. The summed E-state index contributed by atoms with van der Waals surface area (Å²) < 4.78 is 0. The SMILES string of the molecule is O=C(c1ccc2c(c1)[C@@H]1[C@H]3CC[C@@H](C3)[C@H]1[C@H](c1ccccc1)N2)N1CCN(Cc2ccccc2)CC1. The number of nitrogens with zero attached hydrogens (tertiary/aromatic N) is 2. The summed E-state index contributed by atoms with van der Waals surface area (Å²) in [5, 5.41) is 3.91. The maximum absolute atomic E-state index is 13.6. The summed E-state index contributed by atoms with van der Waals surface area (Å²) in [7, 11) is 0. The lowest BCUT2D eigenvalue weighted by molar-refractivity contribution is 0.0628. The molecule has 1 amide bonds. The van der Waals surface area contributed by atoms with E-state index in [0.29, 0.717) is 17.9 Å². The predicted molar refractivity (Wildman–Crippen MR) is 144 cm³/mol. The van der Waals surface area contributed by atoms with E-state index in [-0.39, 0.29) is 5.91 Å². The summed E-state index contributed by atoms with van der Waals surface area (Å²) in [4.78, 5) is 18.1. The largest absolute Gasteiger partial charge is 0.378 e. The van der Waals surface area contributed by atoms with E-state index in [1.807, 2.05) is 0 Å². The van der Waals surface area contributed by atoms with Gasteiger partial charge in [0.1, 0.15) is 0 Å². The first-order valence-electron chi connectivity index (χ1n) is 13.8. The molecule has 2 aliphatic heterocycles. The standard InChI is InChI=1S/C32H35N3O/c36-32(35-17-15-34(16-18-35)21-22-7-3-1-4-8-22)26-13-14-28-27(20-26)29-24-11-12-25(19-24)30(29)31(33-28)23-9-5-2-6-10-23/h1-10,13-14,20,24-25,29-31,33H,11-12,15-19,21H2/t24-,25-,29-,30+,31-/m0/s1. The van der Waals surface area contributed by atoms with Gasteiger partial charge in [-0.25, -0.2) is 0 Å². The molecule has 5 atom stereocenters. The van der Waals surface area contributed by atoms with Crippen LogP contribution in [0.1, 0.15) is 58.3 Å². The summed E-state index contributed by atoms with van der Waals surface area (Å²) in [6, 6.07) is 28.5. The lowest BCUT2D eigenvalue weighted by atomic mass is 9.68. The number of hydrogen-bond acceptors (Lipinski definition) is 3. The molecule has 7 rings (SSSR count). The van der Waals surface area contributed by atoms with Gasteiger partial charge in [-0.05, 0) is 77.8 Å². The van der Waals surface area contributed by atoms with E-state index < -0.39 is 0 Å². The number of benzene rings is 3. The number of amides is 1. The van der Waals surface area contributed by atoms with Gasteiger partial charge in [0, 0.05) is 44.0 Å². The molecule has 3 fully saturated rings. The predicted octanol–water partition coefficient (Wildman–Crippen LogP) is 5.94. The van der Waals surface area contributed by atoms with Crippen LogP contribution in [-0.4, -0.2) is 41.9 Å². The minimum Gasteiger partial charge on any atom is -0.378 e. The Labute approximate surface area is 214 Å². The van der Waals surface area contributed by atoms with Crippen LogP contribution in [0.2, 0.25) is 0 Å². The molecular formula is C32H35N3O. The molecule has 36 heavy (non-hydrogen) atoms. The van der Waals surface area contributed by atoms with Crippen molar-refractivity contribution >= 4 is 11.6 Å². The first-order valence-corrected chi connectivity index (χ1v) is 13.8. The summed E-state index contributed by atoms with van der Waals surface area (Å²) in [6.07, 6.45) is 4.05. The monoisotopic (exact) mass is 477 g/mol. The minimum absolute atomic E-state index is 0.196. The van der Waals surface area contributed by atoms with Gasteiger partial charge < -0.3 is 10.2 Å². The molecule has 4 nitrogen and oxygen atoms in total. The van der Waals surface area contributed by atoms with Crippen LogP contribution in [0.5, 0.6) is 0 Å². The van der Waals surface area contributed by atoms with Crippen molar-refractivity contribution in [1.82, 2.24) is 9.80 Å². The number of carbonyl (C=O) groups excluding carboxylic acids is 1. The van der Waals surface area contributed by atoms with Crippen LogP contribution in [0.25, 0.3) is 0 Å². The molecule has 2 aliphatic carbocycles. The van der Waals surface area contributed by atoms with Crippen molar-refractivity contribution < 1.29 is 4.79 Å². The van der Waals surface area contributed by atoms with Crippen molar-refractivity contribution in [2.75, 3.05) is 31.5 Å². The molecule has 4 heteroatoms. The number of hydrogen-bond donors (Lipinski definition) is 1. The van der Waals surface area contributed by atoms with Gasteiger partial charge in [0.15, 0.2) is 0 Å². The van der Waals surface area contributed by atoms with E-state index in [0.717, 1.165) is 50.1 Å². The lowest BCUT2D eigenvalue weighted by Crippen LogP contribution is -2.48. The van der Waals surface area contributed by atoms with Crippen LogP contribution in [0.4, 0.5) is 5.69 Å². The number of carbonyl (C=O) groups is 1. The van der Waals surface area contributed by atoms with Crippen molar-refractivity contribution in [3.05, 3.63) is 101 Å². The second-order valence-electron chi connectivity index (χ2n) is 11.3. The first kappa shape index (κ1) is 22.1. The third-order valence-electron chi connectivity index (χ3n) is 9.40. The van der Waals surface area contributed by atoms with Crippen LogP contribution >= 0.6 is 0 Å². The van der Waals surface area contributed by atoms with Crippen LogP contribution in [0.15, 0.2) is 78.9 Å². The summed E-state index contributed by atoms with van der Waals surface area (Å²) in [6.45, 7) is 4.42. The topological polar surface area (TPSA) is 35.6 Å². The third kappa shape index (κ3) is 3.83. The molecule has 3 aromatic rings. The average Bonchev–Trinajstić information content (AvgIpc) is 3.57. The Bertz CT molecular complexity index is 1230. The Hall–Kier alpha value is -3.11. The molecule has 1 N–H and O–H groups in total. The molecule has 2 bridgehead atoms. The van der Waals surface area contributed by atoms with Crippen molar-refractivity contribution in [3.63, 3.8) is 0 Å². The van der Waals surface area contributed by atoms with Crippen LogP contribution in [-0.2, 0) is 6.54 Å². The average molecular weight is 478 g/mol. The van der Waals surface area contributed by atoms with Crippen LogP contribution in [0.3, 0.4) is 0 Å². The minimum atomic E-state index is 0.196. The van der Waals surface area contributed by atoms with Crippen molar-refractivity contribution in [2.45, 2.75) is 37.8 Å². The van der Waals surface area contributed by atoms with Crippen molar-refractivity contribution in [2.24, 2.45) is 17.8 Å². The zero-order chi connectivity index (χ0) is 24.1. The normalized spacial score (nSPS) is 28.9. The van der Waals surface area contributed by atoms with Gasteiger partial charge in [-0.1, -0.05) is 60.7 Å². The molecule has 2 heterocycles. The van der Waals surface area contributed by atoms with Gasteiger partial charge in [-0.3, -0.25) is 9.69 Å². The second-order valence-corrected chi connectivity index (χ2v) is 11.3. The van der Waals surface area contributed by atoms with E-state index >= 15 is 0 Å². The quantitative estimate of drug-likeness (QED) is 0.505. The smallest absolute Gasteiger partial charge is 0.253 e. The van der Waals surface area contributed by atoms with E-state index in [9.17, 15) is 4.79 Å². The zero-order valence-corrected chi connectivity index (χ0v) is 20.9. The maximum atomic E-state index is 13.6. The summed E-state index contributed by atoms with van der Waals surface area (Å²) in [5.74, 6) is 2.95. The highest BCUT2D eigenvalue weighted by Gasteiger charge is 2.53. The van der Waals surface area contributed by atoms with Crippen LogP contribution < -0.4 is 5.32 Å². The molecule has 2 saturated carbocycles. The Morgan fingerprint density at radius 2 is 1.56 bits per heavy atom. The number of nitrogens with one attached hydrogen (secondary N) is 1. The number of rotatable bonds is 4. The number of anilines is 1. The number of fused-ring (bicyclic) bond motifs is 7. The van der Waals surface area contributed by atoms with Gasteiger partial charge in [0.05, 0.1) is 6.04 Å². The van der Waals surface area contributed by atoms with Crippen molar-refractivity contribution in [1.29, 1.82) is 0 Å². The molecule has 3 aromatic carbocycles. The van der Waals surface area contributed by atoms with Gasteiger partial charge in [0.2, 0.25) is 0 Å². The zero-order valence-electron chi connectivity index (χ0n) is 20.9. The Morgan fingerprint density at radius 1 is 0.833 bits per heavy atom. The van der Waals surface area contributed by atoms with E-state index in [2.05, 4.69) is 94.0 Å². The molecule has 0 radical (unpaired) electrons. The van der Waals surface area contributed by atoms with E-state index in [4.69, 9.17) is 0 Å². The summed E-state index contributed by atoms with van der Waals surface area (Å²) in [5.41, 5.74) is 6.24. The highest BCUT2D eigenvalue weighted by molar-refractivity contribution is 5.95. The Balaban J connectivity index is 1.10. The Kier molecular flexibility index (Phi) is 5.58. The Morgan fingerprint density at radius 3 is 2.33 bits per heavy atom. The van der Waals surface area contributed by atoms with E-state index in [1.54, 1.807) is 0 Å². The first-order chi connectivity index (χ1) is 17.7. The fourth-order valence-corrected chi connectivity index (χ4v) is 7.74. The molecule has 0 spiro atoms. The fourth-order valence-electron chi connectivity index (χ4n) is 7.74. The van der Waals surface area contributed by atoms with Gasteiger partial charge in [0.25, 0.3) is 5.91 Å². The molecule has 1 saturated heterocycles.